The molecule has 0 amide bonds. The molecule has 1 nitrogen and oxygen atoms in total. The van der Waals surface area contributed by atoms with Gasteiger partial charge in [0.05, 0.1) is 0 Å². The molecule has 1 aromatic rings. The van der Waals surface area contributed by atoms with Crippen molar-refractivity contribution >= 4 is 18.6 Å². The second kappa shape index (κ2) is 5.60. The zero-order valence-corrected chi connectivity index (χ0v) is 10.2. The molecule has 94 valence electrons. The first-order chi connectivity index (χ1) is 7.79. The summed E-state index contributed by atoms with van der Waals surface area (Å²) in [5.41, 5.74) is 0.192. The van der Waals surface area contributed by atoms with Gasteiger partial charge < -0.3 is 17.8 Å². The van der Waals surface area contributed by atoms with E-state index in [1.54, 1.807) is 30.1 Å². The summed E-state index contributed by atoms with van der Waals surface area (Å²) in [4.78, 5) is 1.56. The molecule has 0 N–H and O–H groups in total. The molecule has 1 aromatic carbocycles. The Bertz CT molecular complexity index is 406. The van der Waals surface area contributed by atoms with Crippen LogP contribution in [0, 0.1) is 0 Å². The Morgan fingerprint density at radius 1 is 1.41 bits per heavy atom. The number of benzene rings is 1. The van der Waals surface area contributed by atoms with Crippen LogP contribution < -0.4 is 0 Å². The van der Waals surface area contributed by atoms with Crippen molar-refractivity contribution < 1.29 is 12.9 Å². The summed E-state index contributed by atoms with van der Waals surface area (Å²) < 4.78 is 37.0. The van der Waals surface area contributed by atoms with Gasteiger partial charge in [-0.1, -0.05) is 23.7 Å². The number of halogens is 4. The predicted molar refractivity (Wildman–Crippen MR) is 66.0 cm³/mol. The molecule has 6 heteroatoms. The van der Waals surface area contributed by atoms with Crippen molar-refractivity contribution in [1.82, 2.24) is 4.90 Å². The molecule has 1 rings (SSSR count). The number of hydrogen-bond donors (Lipinski definition) is 0. The van der Waals surface area contributed by atoms with Gasteiger partial charge in [-0.2, -0.15) is 0 Å². The molecule has 0 aliphatic heterocycles. The van der Waals surface area contributed by atoms with Crippen LogP contribution in [0.5, 0.6) is 0 Å². The molecular weight excluding hydrogens is 249 g/mol. The van der Waals surface area contributed by atoms with E-state index in [0.29, 0.717) is 11.6 Å². The van der Waals surface area contributed by atoms with E-state index in [1.165, 1.54) is 0 Å². The fourth-order valence-electron chi connectivity index (χ4n) is 1.45. The van der Waals surface area contributed by atoms with Gasteiger partial charge in [0, 0.05) is 11.6 Å². The van der Waals surface area contributed by atoms with Crippen molar-refractivity contribution in [1.29, 1.82) is 0 Å². The maximum Gasteiger partial charge on any atom is 0.506 e. The van der Waals surface area contributed by atoms with Crippen LogP contribution in [-0.4, -0.2) is 25.5 Å². The minimum Gasteiger partial charge on any atom is -0.445 e. The normalized spacial score (nSPS) is 11.9. The summed E-state index contributed by atoms with van der Waals surface area (Å²) >= 11 is 5.79. The van der Waals surface area contributed by atoms with Gasteiger partial charge in [0.15, 0.2) is 0 Å². The smallest absolute Gasteiger partial charge is 0.445 e. The first kappa shape index (κ1) is 14.1. The van der Waals surface area contributed by atoms with Crippen molar-refractivity contribution in [2.45, 2.75) is 6.54 Å². The number of likely N-dealkylation sites (N-methyl/N-ethyl adjacent to an activating group) is 1. The average Bonchev–Trinajstić information content (AvgIpc) is 2.15. The van der Waals surface area contributed by atoms with E-state index in [0.717, 1.165) is 5.56 Å². The van der Waals surface area contributed by atoms with Gasteiger partial charge in [0.25, 0.3) is 0 Å². The summed E-state index contributed by atoms with van der Waals surface area (Å²) in [6.45, 7) is -1.67. The molecule has 0 saturated carbocycles. The van der Waals surface area contributed by atoms with Crippen molar-refractivity contribution in [2.75, 3.05) is 13.6 Å². The van der Waals surface area contributed by atoms with Crippen molar-refractivity contribution in [2.24, 2.45) is 0 Å². The molecule has 17 heavy (non-hydrogen) atoms. The van der Waals surface area contributed by atoms with Gasteiger partial charge in [-0.05, 0) is 31.3 Å². The molecule has 0 atom stereocenters. The van der Waals surface area contributed by atoms with Gasteiger partial charge in [0.2, 0.25) is 0 Å². The van der Waals surface area contributed by atoms with Crippen LogP contribution in [0.15, 0.2) is 36.3 Å². The largest absolute Gasteiger partial charge is 0.506 e. The highest BCUT2D eigenvalue weighted by Crippen LogP contribution is 2.19. The zero-order valence-electron chi connectivity index (χ0n) is 9.47. The van der Waals surface area contributed by atoms with Gasteiger partial charge in [-0.25, -0.2) is 0 Å². The summed E-state index contributed by atoms with van der Waals surface area (Å²) in [5.74, 6) is 0. The predicted octanol–water partition coefficient (Wildman–Crippen LogP) is 3.71. The Hall–Kier alpha value is -0.935. The lowest BCUT2D eigenvalue weighted by Gasteiger charge is -2.24. The highest BCUT2D eigenvalue weighted by Gasteiger charge is 2.27. The SMILES string of the molecule is C=C(CN(C)Cc1cccc(Cl)c1)[B-](F)(F)F. The molecule has 0 saturated heterocycles. The van der Waals surface area contributed by atoms with Crippen LogP contribution in [0.3, 0.4) is 0 Å². The maximum absolute atomic E-state index is 12.3. The fraction of sp³-hybridized carbons (Fsp3) is 0.273. The van der Waals surface area contributed by atoms with E-state index in [1.807, 2.05) is 6.07 Å². The lowest BCUT2D eigenvalue weighted by atomic mass is 9.80. The second-order valence-electron chi connectivity index (χ2n) is 4.04. The summed E-state index contributed by atoms with van der Waals surface area (Å²) in [5, 5.41) is 0.578. The molecule has 0 aromatic heterocycles. The minimum atomic E-state index is -4.95. The first-order valence-electron chi connectivity index (χ1n) is 5.09. The summed E-state index contributed by atoms with van der Waals surface area (Å²) in [7, 11) is 1.62. The minimum absolute atomic E-state index is 0.185. The Kier molecular flexibility index (Phi) is 4.66. The van der Waals surface area contributed by atoms with Gasteiger partial charge in [-0.3, -0.25) is 0 Å². The van der Waals surface area contributed by atoms with E-state index in [4.69, 9.17) is 11.6 Å². The molecule has 0 fully saturated rings. The molecule has 0 aliphatic carbocycles. The van der Waals surface area contributed by atoms with Crippen molar-refractivity contribution in [3.05, 3.63) is 46.9 Å². The Morgan fingerprint density at radius 2 is 2.06 bits per heavy atom. The monoisotopic (exact) mass is 262 g/mol. The fourth-order valence-corrected chi connectivity index (χ4v) is 1.67. The first-order valence-corrected chi connectivity index (χ1v) is 5.47. The standard InChI is InChI=1S/C11H13BClF3N/c1-9(12(14,15)16)7-17(2)8-10-4-3-5-11(13)6-10/h3-6H,1,7-8H2,2H3/q-1. The van der Waals surface area contributed by atoms with Crippen molar-refractivity contribution in [3.63, 3.8) is 0 Å². The number of hydrogen-bond acceptors (Lipinski definition) is 1. The zero-order chi connectivity index (χ0) is 13.1. The van der Waals surface area contributed by atoms with E-state index in [-0.39, 0.29) is 6.54 Å². The lowest BCUT2D eigenvalue weighted by molar-refractivity contribution is 0.350. The third kappa shape index (κ3) is 4.83. The topological polar surface area (TPSA) is 3.24 Å². The lowest BCUT2D eigenvalue weighted by Crippen LogP contribution is -2.29. The molecule has 0 bridgehead atoms. The molecule has 0 radical (unpaired) electrons. The van der Waals surface area contributed by atoms with E-state index < -0.39 is 12.4 Å². The summed E-state index contributed by atoms with van der Waals surface area (Å²) in [6.07, 6.45) is 0. The highest BCUT2D eigenvalue weighted by molar-refractivity contribution is 6.66. The van der Waals surface area contributed by atoms with Crippen LogP contribution in [0.2, 0.25) is 5.02 Å². The van der Waals surface area contributed by atoms with Crippen LogP contribution in [0.25, 0.3) is 0 Å². The summed E-state index contributed by atoms with van der Waals surface area (Å²) in [6, 6.07) is 7.06. The third-order valence-electron chi connectivity index (χ3n) is 2.28. The van der Waals surface area contributed by atoms with E-state index in [9.17, 15) is 12.9 Å². The molecular formula is C11H13BClF3N-. The Balaban J connectivity index is 2.56. The maximum atomic E-state index is 12.3. The van der Waals surface area contributed by atoms with Crippen LogP contribution >= 0.6 is 11.6 Å². The van der Waals surface area contributed by atoms with Gasteiger partial charge in [-0.15, -0.1) is 12.1 Å². The Labute approximate surface area is 104 Å². The van der Waals surface area contributed by atoms with Crippen LogP contribution in [0.4, 0.5) is 12.9 Å². The highest BCUT2D eigenvalue weighted by atomic mass is 35.5. The van der Waals surface area contributed by atoms with Crippen molar-refractivity contribution in [3.8, 4) is 0 Å². The molecule has 0 spiro atoms. The second-order valence-corrected chi connectivity index (χ2v) is 4.47. The Morgan fingerprint density at radius 3 is 2.59 bits per heavy atom. The number of rotatable bonds is 5. The average molecular weight is 262 g/mol. The number of nitrogens with zero attached hydrogens (tertiary/aromatic N) is 1. The molecule has 0 heterocycles. The van der Waals surface area contributed by atoms with Gasteiger partial charge in [0.1, 0.15) is 0 Å². The third-order valence-corrected chi connectivity index (χ3v) is 2.51. The molecule has 0 aliphatic rings. The quantitative estimate of drug-likeness (QED) is 0.731. The molecule has 0 unspecified atom stereocenters. The van der Waals surface area contributed by atoms with E-state index in [2.05, 4.69) is 6.58 Å². The van der Waals surface area contributed by atoms with Crippen LogP contribution in [-0.2, 0) is 6.54 Å². The van der Waals surface area contributed by atoms with E-state index >= 15 is 0 Å². The van der Waals surface area contributed by atoms with Gasteiger partial charge >= 0.3 is 6.98 Å². The van der Waals surface area contributed by atoms with Crippen LogP contribution in [0.1, 0.15) is 5.56 Å².